The Hall–Kier alpha value is -5.20. The van der Waals surface area contributed by atoms with Gasteiger partial charge in [-0.05, 0) is 78.9 Å². The van der Waals surface area contributed by atoms with Crippen LogP contribution in [0.4, 0.5) is 5.69 Å². The van der Waals surface area contributed by atoms with Crippen molar-refractivity contribution in [2.24, 2.45) is 5.73 Å². The van der Waals surface area contributed by atoms with E-state index in [1.807, 2.05) is 5.32 Å². The molecule has 2 atom stereocenters. The summed E-state index contributed by atoms with van der Waals surface area (Å²) in [5, 5.41) is -0.884. The zero-order valence-electron chi connectivity index (χ0n) is 40.1. The molecule has 1 aliphatic heterocycles. The smallest absolute Gasteiger partial charge is 0.248 e. The van der Waals surface area contributed by atoms with Crippen molar-refractivity contribution in [3.63, 3.8) is 0 Å². The van der Waals surface area contributed by atoms with Gasteiger partial charge in [-0.25, -0.2) is 0 Å². The summed E-state index contributed by atoms with van der Waals surface area (Å²) in [5.41, 5.74) is 3.71. The van der Waals surface area contributed by atoms with Crippen LogP contribution >= 0.6 is 11.8 Å². The van der Waals surface area contributed by atoms with Gasteiger partial charge in [0.2, 0.25) is 17.7 Å². The largest absolute Gasteiger partial charge is 0.493 e. The fourth-order valence-electron chi connectivity index (χ4n) is 4.23. The molecule has 5 rings (SSSR count). The molecule has 4 aromatic rings. The molecule has 0 aliphatic carbocycles. The van der Waals surface area contributed by atoms with Crippen molar-refractivity contribution in [2.75, 3.05) is 25.0 Å². The molecule has 234 valence electrons. The van der Waals surface area contributed by atoms with Crippen molar-refractivity contribution in [1.29, 1.82) is 0 Å². The number of carbonyl (C=O) groups excluding carboxylic acids is 3. The van der Waals surface area contributed by atoms with Gasteiger partial charge in [-0.15, -0.1) is 11.8 Å². The summed E-state index contributed by atoms with van der Waals surface area (Å²) >= 11 is 0.686. The molecule has 1 saturated heterocycles. The first-order chi connectivity index (χ1) is 28.7. The number of anilines is 1. The maximum Gasteiger partial charge on any atom is 0.248 e. The van der Waals surface area contributed by atoms with Crippen LogP contribution < -0.4 is 25.4 Å². The highest BCUT2D eigenvalue weighted by Crippen LogP contribution is 2.46. The number of nitrogens with one attached hydrogen (secondary N) is 1. The van der Waals surface area contributed by atoms with E-state index >= 15 is 0 Å². The normalized spacial score (nSPS) is 21.4. The van der Waals surface area contributed by atoms with E-state index < -0.39 is 120 Å². The number of rotatable bonds is 11. The quantitative estimate of drug-likeness (QED) is 0.208. The molecule has 9 heteroatoms. The minimum atomic E-state index is -3.18. The maximum atomic E-state index is 14.2. The number of amides is 3. The summed E-state index contributed by atoms with van der Waals surface area (Å²) in [7, 11) is -2.89. The summed E-state index contributed by atoms with van der Waals surface area (Å²) in [6, 6.07) is 2.30. The summed E-state index contributed by atoms with van der Waals surface area (Å²) in [4.78, 5) is 40.9. The predicted molar refractivity (Wildman–Crippen MR) is 181 cm³/mol. The van der Waals surface area contributed by atoms with E-state index in [1.165, 1.54) is 24.3 Å². The van der Waals surface area contributed by atoms with Crippen LogP contribution in [0.25, 0.3) is 0 Å². The third-order valence-electron chi connectivity index (χ3n) is 6.29. The lowest BCUT2D eigenvalue weighted by molar-refractivity contribution is -0.124. The maximum absolute atomic E-state index is 14.2. The number of ether oxygens (including phenoxy) is 2. The minimum absolute atomic E-state index is 0.00342. The van der Waals surface area contributed by atoms with Gasteiger partial charge in [-0.1, -0.05) is 54.2 Å². The second-order valence-electron chi connectivity index (χ2n) is 9.34. The number of thioether (sulfide) groups is 1. The summed E-state index contributed by atoms with van der Waals surface area (Å²) in [5.74, 6) is 1.39. The molecule has 0 bridgehead atoms. The highest BCUT2D eigenvalue weighted by atomic mass is 32.2. The van der Waals surface area contributed by atoms with Crippen LogP contribution in [0.2, 0.25) is 0 Å². The number of hydrogen-bond donors (Lipinski definition) is 2. The molecule has 1 aliphatic rings. The summed E-state index contributed by atoms with van der Waals surface area (Å²) < 4.78 is 142. The van der Waals surface area contributed by atoms with Crippen molar-refractivity contribution >= 4 is 35.2 Å². The lowest BCUT2D eigenvalue weighted by atomic mass is 10.1. The SMILES string of the molecule is [2H]c1c([2H])c([2H])c(C#Cc2c([2H])c([2H])c([C@@H]3S[C@H](CC(=O)NC([2H])([2H])C([2H])([2H])c4ccc(OC([2H])([2H])[2H])c(OCC)c4)C(=O)N3c3cccc(C(N)=O)c3)c([2H])c2[2H])c([2H])c1[2H]. The number of methoxy groups -OCH3 is 1. The molecule has 8 nitrogen and oxygen atoms in total. The van der Waals surface area contributed by atoms with Crippen molar-refractivity contribution in [1.82, 2.24) is 5.32 Å². The topological polar surface area (TPSA) is 111 Å². The van der Waals surface area contributed by atoms with Gasteiger partial charge in [0.25, 0.3) is 0 Å². The average Bonchev–Trinajstić information content (AvgIpc) is 3.50. The number of nitrogens with zero attached hydrogens (tertiary/aromatic N) is 1. The summed E-state index contributed by atoms with van der Waals surface area (Å²) in [6.07, 6.45) is -3.81. The Kier molecular flexibility index (Phi) is 5.77. The number of benzene rings is 4. The fourth-order valence-corrected chi connectivity index (χ4v) is 5.62. The molecule has 0 saturated carbocycles. The number of carbonyl (C=O) groups is 3. The minimum Gasteiger partial charge on any atom is -0.493 e. The zero-order valence-corrected chi connectivity index (χ0v) is 24.9. The fraction of sp³-hybridized carbons (Fsp3) is 0.216. The average molecular weight is 650 g/mol. The predicted octanol–water partition coefficient (Wildman–Crippen LogP) is 5.49. The van der Waals surface area contributed by atoms with Crippen LogP contribution in [-0.2, 0) is 16.0 Å². The number of aryl methyl sites for hydroxylation is 1. The van der Waals surface area contributed by atoms with Gasteiger partial charge in [0.1, 0.15) is 5.37 Å². The first kappa shape index (κ1) is 17.5. The Labute approximate surface area is 295 Å². The Morgan fingerprint density at radius 2 is 1.80 bits per heavy atom. The molecular weight excluding hydrogens is 598 g/mol. The van der Waals surface area contributed by atoms with Crippen molar-refractivity contribution in [3.05, 3.63) is 125 Å². The van der Waals surface area contributed by atoms with E-state index in [4.69, 9.17) is 37.1 Å². The van der Waals surface area contributed by atoms with Gasteiger partial charge in [-0.2, -0.15) is 0 Å². The highest BCUT2D eigenvalue weighted by Gasteiger charge is 2.42. The van der Waals surface area contributed by atoms with Gasteiger partial charge in [0, 0.05) is 40.8 Å². The lowest BCUT2D eigenvalue weighted by Gasteiger charge is -2.24. The molecule has 3 N–H and O–H groups in total. The molecule has 0 aromatic heterocycles. The Bertz CT molecular complexity index is 2500. The van der Waals surface area contributed by atoms with Crippen molar-refractivity contribution < 1.29 is 45.8 Å². The highest BCUT2D eigenvalue weighted by molar-refractivity contribution is 8.01. The van der Waals surface area contributed by atoms with E-state index in [2.05, 4.69) is 11.8 Å². The van der Waals surface area contributed by atoms with Crippen LogP contribution in [-0.4, -0.2) is 43.1 Å². The van der Waals surface area contributed by atoms with Crippen LogP contribution in [0, 0.1) is 11.8 Å². The summed E-state index contributed by atoms with van der Waals surface area (Å²) in [6.45, 7) is -1.61. The van der Waals surface area contributed by atoms with Gasteiger partial charge in [0.15, 0.2) is 11.5 Å². The molecule has 46 heavy (non-hydrogen) atoms. The van der Waals surface area contributed by atoms with E-state index in [-0.39, 0.29) is 40.5 Å². The molecule has 0 unspecified atom stereocenters. The third kappa shape index (κ3) is 7.89. The second-order valence-corrected chi connectivity index (χ2v) is 10.6. The van der Waals surface area contributed by atoms with Gasteiger partial charge in [0.05, 0.1) is 35.3 Å². The molecule has 1 fully saturated rings. The van der Waals surface area contributed by atoms with E-state index in [1.54, 1.807) is 6.92 Å². The van der Waals surface area contributed by atoms with Gasteiger partial charge < -0.3 is 20.5 Å². The first-order valence-corrected chi connectivity index (χ1v) is 14.5. The Morgan fingerprint density at radius 3 is 2.52 bits per heavy atom. The lowest BCUT2D eigenvalue weighted by Crippen LogP contribution is -2.34. The zero-order chi connectivity index (χ0) is 46.4. The van der Waals surface area contributed by atoms with Crippen LogP contribution in [0.1, 0.15) is 73.3 Å². The molecule has 0 radical (unpaired) electrons. The Balaban J connectivity index is 1.52. The molecule has 3 amide bonds. The standard InChI is InChI=1S/C37H35N3O5S/c1-3-45-32-22-27(16-19-31(32)44-2)20-21-39-34(41)24-33-36(43)40(30-11-7-10-29(23-30)35(38)42)37(46-33)28-17-14-26(15-18-28)13-12-25-8-5-4-6-9-25/h4-11,14-19,22-23,33,37H,3,20-21,24H2,1-2H3,(H2,38,42)(H,39,41)/t33-,37+/m1/s1/i2D3,4D,5D,6D,8D,9D,14D,15D,17D,18D,20D2,21D2. The Morgan fingerprint density at radius 1 is 1.04 bits per heavy atom. The van der Waals surface area contributed by atoms with Crippen LogP contribution in [0.3, 0.4) is 0 Å². The monoisotopic (exact) mass is 649 g/mol. The second kappa shape index (κ2) is 15.2. The molecule has 4 aromatic carbocycles. The molecular formula is C37H35N3O5S. The number of primary amides is 1. The molecule has 0 spiro atoms. The third-order valence-corrected chi connectivity index (χ3v) is 7.69. The van der Waals surface area contributed by atoms with E-state index in [0.717, 1.165) is 23.1 Å². The van der Waals surface area contributed by atoms with Crippen molar-refractivity contribution in [2.45, 2.75) is 30.3 Å². The van der Waals surface area contributed by atoms with E-state index in [0.29, 0.717) is 11.8 Å². The number of nitrogens with two attached hydrogens (primary N) is 1. The number of hydrogen-bond acceptors (Lipinski definition) is 6. The van der Waals surface area contributed by atoms with Gasteiger partial charge in [-0.3, -0.25) is 19.3 Å². The van der Waals surface area contributed by atoms with Crippen LogP contribution in [0.5, 0.6) is 11.5 Å². The van der Waals surface area contributed by atoms with Gasteiger partial charge >= 0.3 is 0 Å². The van der Waals surface area contributed by atoms with Crippen molar-refractivity contribution in [3.8, 4) is 23.3 Å². The van der Waals surface area contributed by atoms with E-state index in [9.17, 15) is 14.4 Å². The van der Waals surface area contributed by atoms with Crippen LogP contribution in [0.15, 0.2) is 96.8 Å². The molecule has 1 heterocycles. The first-order valence-electron chi connectivity index (χ1n) is 21.6.